The molecule has 3 rings (SSSR count). The fourth-order valence-electron chi connectivity index (χ4n) is 3.52. The molecule has 3 nitrogen and oxygen atoms in total. The van der Waals surface area contributed by atoms with E-state index in [2.05, 4.69) is 4.90 Å². The molecule has 0 aromatic heterocycles. The Hall–Kier alpha value is -1.42. The summed E-state index contributed by atoms with van der Waals surface area (Å²) in [6.07, 6.45) is 5.21. The monoisotopic (exact) mass is 290 g/mol. The van der Waals surface area contributed by atoms with E-state index in [1.165, 1.54) is 38.1 Å². The van der Waals surface area contributed by atoms with Gasteiger partial charge in [0.15, 0.2) is 0 Å². The second-order valence-corrected chi connectivity index (χ2v) is 6.17. The van der Waals surface area contributed by atoms with Gasteiger partial charge in [0.05, 0.1) is 0 Å². The molecule has 1 aromatic carbocycles. The van der Waals surface area contributed by atoms with Crippen molar-refractivity contribution in [3.05, 3.63) is 35.6 Å². The molecule has 2 saturated heterocycles. The van der Waals surface area contributed by atoms with E-state index in [-0.39, 0.29) is 11.7 Å². The lowest BCUT2D eigenvalue weighted by molar-refractivity contribution is -0.131. The van der Waals surface area contributed by atoms with Crippen LogP contribution in [-0.4, -0.2) is 41.4 Å². The molecule has 2 fully saturated rings. The molecule has 2 heterocycles. The smallest absolute Gasteiger partial charge is 0.222 e. The average molecular weight is 290 g/mol. The van der Waals surface area contributed by atoms with Crippen molar-refractivity contribution in [1.29, 1.82) is 0 Å². The number of amides is 1. The Morgan fingerprint density at radius 1 is 1.14 bits per heavy atom. The zero-order chi connectivity index (χ0) is 14.7. The predicted octanol–water partition coefficient (Wildman–Crippen LogP) is 2.80. The van der Waals surface area contributed by atoms with Crippen molar-refractivity contribution >= 4 is 5.91 Å². The molecule has 1 amide bonds. The van der Waals surface area contributed by atoms with Crippen LogP contribution >= 0.6 is 0 Å². The van der Waals surface area contributed by atoms with Crippen LogP contribution in [0.15, 0.2) is 24.3 Å². The maximum absolute atomic E-state index is 13.3. The largest absolute Gasteiger partial charge is 0.338 e. The van der Waals surface area contributed by atoms with Crippen molar-refractivity contribution < 1.29 is 9.18 Å². The highest BCUT2D eigenvalue weighted by Crippen LogP contribution is 2.22. The zero-order valence-corrected chi connectivity index (χ0v) is 12.4. The van der Waals surface area contributed by atoms with E-state index in [1.807, 2.05) is 11.0 Å². The van der Waals surface area contributed by atoms with E-state index in [9.17, 15) is 9.18 Å². The standard InChI is InChI=1S/C17H23FN2O/c18-15-5-3-4-14(12-15)13-20-11-8-16(6-7-17(20)21)19-9-1-2-10-19/h3-5,12,16H,1-2,6-11,13H2. The Morgan fingerprint density at radius 2 is 1.95 bits per heavy atom. The Bertz CT molecular complexity index is 499. The summed E-state index contributed by atoms with van der Waals surface area (Å²) in [7, 11) is 0. The van der Waals surface area contributed by atoms with Crippen molar-refractivity contribution in [2.24, 2.45) is 0 Å². The average Bonchev–Trinajstić information content (AvgIpc) is 2.94. The molecule has 1 atom stereocenters. The highest BCUT2D eigenvalue weighted by atomic mass is 19.1. The van der Waals surface area contributed by atoms with Crippen LogP contribution in [0, 0.1) is 5.82 Å². The van der Waals surface area contributed by atoms with Crippen molar-refractivity contribution in [2.45, 2.75) is 44.7 Å². The first kappa shape index (κ1) is 14.5. The number of rotatable bonds is 3. The Labute approximate surface area is 125 Å². The SMILES string of the molecule is O=C1CCC(N2CCCC2)CCN1Cc1cccc(F)c1. The van der Waals surface area contributed by atoms with Crippen LogP contribution in [0.4, 0.5) is 4.39 Å². The number of carbonyl (C=O) groups is 1. The van der Waals surface area contributed by atoms with Gasteiger partial charge >= 0.3 is 0 Å². The van der Waals surface area contributed by atoms with Crippen LogP contribution in [0.2, 0.25) is 0 Å². The normalized spacial score (nSPS) is 24.3. The van der Waals surface area contributed by atoms with E-state index in [0.29, 0.717) is 19.0 Å². The summed E-state index contributed by atoms with van der Waals surface area (Å²) in [5.41, 5.74) is 0.878. The van der Waals surface area contributed by atoms with E-state index in [1.54, 1.807) is 6.07 Å². The van der Waals surface area contributed by atoms with Gasteiger partial charge < -0.3 is 9.80 Å². The van der Waals surface area contributed by atoms with Gasteiger partial charge in [-0.25, -0.2) is 4.39 Å². The van der Waals surface area contributed by atoms with Crippen LogP contribution in [-0.2, 0) is 11.3 Å². The molecule has 21 heavy (non-hydrogen) atoms. The molecule has 114 valence electrons. The van der Waals surface area contributed by atoms with E-state index in [4.69, 9.17) is 0 Å². The first-order valence-electron chi connectivity index (χ1n) is 7.98. The molecule has 0 bridgehead atoms. The van der Waals surface area contributed by atoms with Crippen molar-refractivity contribution in [3.63, 3.8) is 0 Å². The van der Waals surface area contributed by atoms with Gasteiger partial charge in [0.2, 0.25) is 5.91 Å². The van der Waals surface area contributed by atoms with Gasteiger partial charge in [0, 0.05) is 25.6 Å². The fourth-order valence-corrected chi connectivity index (χ4v) is 3.52. The second kappa shape index (κ2) is 6.56. The molecular formula is C17H23FN2O. The molecule has 0 N–H and O–H groups in total. The van der Waals surface area contributed by atoms with Crippen molar-refractivity contribution in [2.75, 3.05) is 19.6 Å². The molecular weight excluding hydrogens is 267 g/mol. The van der Waals surface area contributed by atoms with Gasteiger partial charge in [-0.2, -0.15) is 0 Å². The van der Waals surface area contributed by atoms with Gasteiger partial charge in [-0.05, 0) is 56.5 Å². The van der Waals surface area contributed by atoms with Gasteiger partial charge in [-0.15, -0.1) is 0 Å². The third kappa shape index (κ3) is 3.62. The van der Waals surface area contributed by atoms with Crippen LogP contribution in [0.1, 0.15) is 37.7 Å². The summed E-state index contributed by atoms with van der Waals surface area (Å²) in [5.74, 6) is -0.0225. The van der Waals surface area contributed by atoms with Gasteiger partial charge in [0.25, 0.3) is 0 Å². The molecule has 0 aliphatic carbocycles. The first-order valence-corrected chi connectivity index (χ1v) is 7.98. The fraction of sp³-hybridized carbons (Fsp3) is 0.588. The van der Waals surface area contributed by atoms with Gasteiger partial charge in [-0.3, -0.25) is 4.79 Å². The Balaban J connectivity index is 1.62. The molecule has 2 aliphatic rings. The molecule has 1 unspecified atom stereocenters. The Morgan fingerprint density at radius 3 is 2.71 bits per heavy atom. The number of carbonyl (C=O) groups excluding carboxylic acids is 1. The number of benzene rings is 1. The van der Waals surface area contributed by atoms with Gasteiger partial charge in [0.1, 0.15) is 5.82 Å². The molecule has 0 radical (unpaired) electrons. The minimum absolute atomic E-state index is 0.209. The molecule has 0 saturated carbocycles. The highest BCUT2D eigenvalue weighted by molar-refractivity contribution is 5.76. The number of likely N-dealkylation sites (tertiary alicyclic amines) is 2. The molecule has 1 aromatic rings. The maximum Gasteiger partial charge on any atom is 0.222 e. The van der Waals surface area contributed by atoms with Gasteiger partial charge in [-0.1, -0.05) is 12.1 Å². The third-order valence-electron chi connectivity index (χ3n) is 4.70. The lowest BCUT2D eigenvalue weighted by Crippen LogP contribution is -2.34. The van der Waals surface area contributed by atoms with E-state index < -0.39 is 0 Å². The van der Waals surface area contributed by atoms with E-state index in [0.717, 1.165) is 24.9 Å². The van der Waals surface area contributed by atoms with Crippen LogP contribution in [0.5, 0.6) is 0 Å². The van der Waals surface area contributed by atoms with E-state index >= 15 is 0 Å². The minimum atomic E-state index is -0.232. The number of hydrogen-bond donors (Lipinski definition) is 0. The Kier molecular flexibility index (Phi) is 4.54. The van der Waals surface area contributed by atoms with Crippen LogP contribution in [0.3, 0.4) is 0 Å². The summed E-state index contributed by atoms with van der Waals surface area (Å²) in [5, 5.41) is 0. The summed E-state index contributed by atoms with van der Waals surface area (Å²) in [6.45, 7) is 3.69. The second-order valence-electron chi connectivity index (χ2n) is 6.17. The van der Waals surface area contributed by atoms with Crippen LogP contribution < -0.4 is 0 Å². The maximum atomic E-state index is 13.3. The van der Waals surface area contributed by atoms with Crippen molar-refractivity contribution in [1.82, 2.24) is 9.80 Å². The first-order chi connectivity index (χ1) is 10.2. The lowest BCUT2D eigenvalue weighted by Gasteiger charge is -2.26. The lowest BCUT2D eigenvalue weighted by atomic mass is 10.1. The number of hydrogen-bond acceptors (Lipinski definition) is 2. The highest BCUT2D eigenvalue weighted by Gasteiger charge is 2.27. The minimum Gasteiger partial charge on any atom is -0.338 e. The number of halogens is 1. The number of nitrogens with zero attached hydrogens (tertiary/aromatic N) is 2. The predicted molar refractivity (Wildman–Crippen MR) is 80.3 cm³/mol. The summed E-state index contributed by atoms with van der Waals surface area (Å²) in [4.78, 5) is 16.7. The molecule has 0 spiro atoms. The molecule has 2 aliphatic heterocycles. The quantitative estimate of drug-likeness (QED) is 0.854. The summed E-state index contributed by atoms with van der Waals surface area (Å²) < 4.78 is 13.3. The molecule has 4 heteroatoms. The summed E-state index contributed by atoms with van der Waals surface area (Å²) >= 11 is 0. The zero-order valence-electron chi connectivity index (χ0n) is 12.4. The third-order valence-corrected chi connectivity index (χ3v) is 4.70. The van der Waals surface area contributed by atoms with Crippen LogP contribution in [0.25, 0.3) is 0 Å². The van der Waals surface area contributed by atoms with Crippen molar-refractivity contribution in [3.8, 4) is 0 Å². The topological polar surface area (TPSA) is 23.6 Å². The summed E-state index contributed by atoms with van der Waals surface area (Å²) in [6, 6.07) is 7.11.